The van der Waals surface area contributed by atoms with Gasteiger partial charge >= 0.3 is 0 Å². The molecule has 0 bridgehead atoms. The van der Waals surface area contributed by atoms with E-state index in [2.05, 4.69) is 13.0 Å². The lowest BCUT2D eigenvalue weighted by atomic mass is 10.1. The van der Waals surface area contributed by atoms with Gasteiger partial charge in [-0.1, -0.05) is 42.0 Å². The Morgan fingerprint density at radius 1 is 1.06 bits per heavy atom. The van der Waals surface area contributed by atoms with Crippen LogP contribution in [-0.2, 0) is 0 Å². The van der Waals surface area contributed by atoms with Crippen LogP contribution in [-0.4, -0.2) is 0 Å². The zero-order valence-corrected chi connectivity index (χ0v) is 9.97. The maximum absolute atomic E-state index is 9.04. The van der Waals surface area contributed by atoms with Crippen LogP contribution in [0.15, 0.2) is 52.9 Å². The van der Waals surface area contributed by atoms with Gasteiger partial charge in [-0.2, -0.15) is 5.26 Å². The van der Waals surface area contributed by atoms with Crippen molar-refractivity contribution in [3.05, 3.63) is 59.7 Å². The Hall–Kier alpha value is -2.53. The van der Waals surface area contributed by atoms with E-state index in [1.165, 1.54) is 5.56 Å². The summed E-state index contributed by atoms with van der Waals surface area (Å²) in [5.74, 6) is 0.799. The van der Waals surface area contributed by atoms with Crippen molar-refractivity contribution in [3.63, 3.8) is 0 Å². The fourth-order valence-electron chi connectivity index (χ4n) is 2.01. The molecule has 3 aromatic rings. The minimum Gasteiger partial charge on any atom is -0.455 e. The number of para-hydroxylation sites is 1. The van der Waals surface area contributed by atoms with Crippen LogP contribution in [0.5, 0.6) is 0 Å². The van der Waals surface area contributed by atoms with E-state index in [0.717, 1.165) is 16.7 Å². The number of benzene rings is 2. The first-order valence-electron chi connectivity index (χ1n) is 5.77. The van der Waals surface area contributed by atoms with E-state index in [4.69, 9.17) is 9.68 Å². The van der Waals surface area contributed by atoms with Gasteiger partial charge < -0.3 is 4.42 Å². The lowest BCUT2D eigenvalue weighted by molar-refractivity contribution is 0.630. The number of aryl methyl sites for hydroxylation is 1. The van der Waals surface area contributed by atoms with Gasteiger partial charge in [0.1, 0.15) is 11.8 Å². The summed E-state index contributed by atoms with van der Waals surface area (Å²) in [4.78, 5) is 0. The van der Waals surface area contributed by atoms with Gasteiger partial charge in [-0.05, 0) is 19.1 Å². The molecule has 0 spiro atoms. The Morgan fingerprint density at radius 2 is 1.83 bits per heavy atom. The second kappa shape index (κ2) is 4.05. The molecule has 2 aromatic carbocycles. The third kappa shape index (κ3) is 1.66. The van der Waals surface area contributed by atoms with Crippen LogP contribution in [0.2, 0.25) is 0 Å². The molecule has 0 saturated heterocycles. The Bertz CT molecular complexity index is 745. The van der Waals surface area contributed by atoms with Crippen LogP contribution < -0.4 is 0 Å². The molecule has 18 heavy (non-hydrogen) atoms. The Labute approximate surface area is 105 Å². The number of hydrogen-bond acceptors (Lipinski definition) is 2. The molecule has 1 heterocycles. The van der Waals surface area contributed by atoms with Gasteiger partial charge in [0.2, 0.25) is 0 Å². The largest absolute Gasteiger partial charge is 0.455 e. The van der Waals surface area contributed by atoms with Gasteiger partial charge in [0.05, 0.1) is 5.56 Å². The standard InChI is InChI=1S/C16H11NO/c1-11-5-7-12(8-6-11)15-9-13-3-2-4-14(10-17)16(13)18-15/h2-9H,1H3. The molecule has 86 valence electrons. The predicted octanol–water partition coefficient (Wildman–Crippen LogP) is 4.28. The van der Waals surface area contributed by atoms with Gasteiger partial charge in [-0.25, -0.2) is 0 Å². The molecular formula is C16H11NO. The quantitative estimate of drug-likeness (QED) is 0.629. The first-order valence-corrected chi connectivity index (χ1v) is 5.77. The molecule has 0 amide bonds. The van der Waals surface area contributed by atoms with Crippen LogP contribution in [0.4, 0.5) is 0 Å². The number of hydrogen-bond donors (Lipinski definition) is 0. The topological polar surface area (TPSA) is 36.9 Å². The normalized spacial score (nSPS) is 10.4. The molecule has 0 aliphatic heterocycles. The van der Waals surface area contributed by atoms with Gasteiger partial charge in [-0.15, -0.1) is 0 Å². The molecule has 2 heteroatoms. The summed E-state index contributed by atoms with van der Waals surface area (Å²) >= 11 is 0. The van der Waals surface area contributed by atoms with Crippen molar-refractivity contribution < 1.29 is 4.42 Å². The minimum atomic E-state index is 0.575. The highest BCUT2D eigenvalue weighted by Gasteiger charge is 2.09. The molecule has 2 nitrogen and oxygen atoms in total. The molecular weight excluding hydrogens is 222 g/mol. The predicted molar refractivity (Wildman–Crippen MR) is 71.1 cm³/mol. The van der Waals surface area contributed by atoms with Crippen LogP contribution in [0.3, 0.4) is 0 Å². The fourth-order valence-corrected chi connectivity index (χ4v) is 2.01. The zero-order chi connectivity index (χ0) is 12.5. The number of furan rings is 1. The average Bonchev–Trinajstić information content (AvgIpc) is 2.83. The summed E-state index contributed by atoms with van der Waals surface area (Å²) in [6, 6.07) is 17.9. The molecule has 0 aliphatic rings. The highest BCUT2D eigenvalue weighted by molar-refractivity contribution is 5.87. The highest BCUT2D eigenvalue weighted by Crippen LogP contribution is 2.29. The Kier molecular flexibility index (Phi) is 2.39. The van der Waals surface area contributed by atoms with Gasteiger partial charge in [0, 0.05) is 10.9 Å². The smallest absolute Gasteiger partial charge is 0.152 e. The second-order valence-electron chi connectivity index (χ2n) is 4.31. The van der Waals surface area contributed by atoms with Gasteiger partial charge in [0.25, 0.3) is 0 Å². The summed E-state index contributed by atoms with van der Waals surface area (Å²) in [6.07, 6.45) is 0. The van der Waals surface area contributed by atoms with Crippen molar-refractivity contribution in [2.45, 2.75) is 6.92 Å². The molecule has 0 saturated carbocycles. The maximum atomic E-state index is 9.04. The number of fused-ring (bicyclic) bond motifs is 1. The van der Waals surface area contributed by atoms with Crippen molar-refractivity contribution >= 4 is 11.0 Å². The monoisotopic (exact) mass is 233 g/mol. The van der Waals surface area contributed by atoms with E-state index in [1.54, 1.807) is 6.07 Å². The van der Waals surface area contributed by atoms with Crippen molar-refractivity contribution in [2.24, 2.45) is 0 Å². The van der Waals surface area contributed by atoms with Crippen molar-refractivity contribution in [1.29, 1.82) is 5.26 Å². The maximum Gasteiger partial charge on any atom is 0.152 e. The van der Waals surface area contributed by atoms with E-state index in [-0.39, 0.29) is 0 Å². The lowest BCUT2D eigenvalue weighted by Gasteiger charge is -1.96. The van der Waals surface area contributed by atoms with Crippen LogP contribution in [0.25, 0.3) is 22.3 Å². The first-order chi connectivity index (χ1) is 8.78. The van der Waals surface area contributed by atoms with Gasteiger partial charge in [0.15, 0.2) is 5.58 Å². The van der Waals surface area contributed by atoms with E-state index in [9.17, 15) is 0 Å². The summed E-state index contributed by atoms with van der Waals surface area (Å²) in [5.41, 5.74) is 3.48. The molecule has 1 aromatic heterocycles. The van der Waals surface area contributed by atoms with E-state index < -0.39 is 0 Å². The third-order valence-corrected chi connectivity index (χ3v) is 3.00. The fraction of sp³-hybridized carbons (Fsp3) is 0.0625. The van der Waals surface area contributed by atoms with Crippen molar-refractivity contribution in [3.8, 4) is 17.4 Å². The Morgan fingerprint density at radius 3 is 2.56 bits per heavy atom. The Balaban J connectivity index is 2.20. The van der Waals surface area contributed by atoms with E-state index in [1.807, 2.05) is 42.5 Å². The van der Waals surface area contributed by atoms with E-state index >= 15 is 0 Å². The van der Waals surface area contributed by atoms with Crippen molar-refractivity contribution in [2.75, 3.05) is 0 Å². The minimum absolute atomic E-state index is 0.575. The van der Waals surface area contributed by atoms with E-state index in [0.29, 0.717) is 11.1 Å². The van der Waals surface area contributed by atoms with Gasteiger partial charge in [-0.3, -0.25) is 0 Å². The highest BCUT2D eigenvalue weighted by atomic mass is 16.3. The van der Waals surface area contributed by atoms with Crippen LogP contribution in [0, 0.1) is 18.3 Å². The van der Waals surface area contributed by atoms with Crippen LogP contribution >= 0.6 is 0 Å². The average molecular weight is 233 g/mol. The third-order valence-electron chi connectivity index (χ3n) is 3.00. The molecule has 3 rings (SSSR count). The number of nitrogens with zero attached hydrogens (tertiary/aromatic N) is 1. The summed E-state index contributed by atoms with van der Waals surface area (Å²) in [7, 11) is 0. The number of nitriles is 1. The first kappa shape index (κ1) is 10.6. The molecule has 0 atom stereocenters. The molecule has 0 radical (unpaired) electrons. The molecule has 0 fully saturated rings. The molecule has 0 aliphatic carbocycles. The molecule has 0 unspecified atom stereocenters. The van der Waals surface area contributed by atoms with Crippen LogP contribution in [0.1, 0.15) is 11.1 Å². The lowest BCUT2D eigenvalue weighted by Crippen LogP contribution is -1.74. The molecule has 0 N–H and O–H groups in total. The van der Waals surface area contributed by atoms with Crippen molar-refractivity contribution in [1.82, 2.24) is 0 Å². The summed E-state index contributed by atoms with van der Waals surface area (Å²) < 4.78 is 5.79. The number of rotatable bonds is 1. The summed E-state index contributed by atoms with van der Waals surface area (Å²) in [5, 5.41) is 10.0. The second-order valence-corrected chi connectivity index (χ2v) is 4.31. The zero-order valence-electron chi connectivity index (χ0n) is 9.97. The summed E-state index contributed by atoms with van der Waals surface area (Å²) in [6.45, 7) is 2.05. The SMILES string of the molecule is Cc1ccc(-c2cc3cccc(C#N)c3o2)cc1.